The van der Waals surface area contributed by atoms with Crippen LogP contribution in [0.1, 0.15) is 50.8 Å². The molecule has 3 aromatic rings. The van der Waals surface area contributed by atoms with Gasteiger partial charge in [0.15, 0.2) is 0 Å². The Bertz CT molecular complexity index is 1340. The van der Waals surface area contributed by atoms with Crippen molar-refractivity contribution < 1.29 is 30.4 Å². The van der Waals surface area contributed by atoms with Crippen molar-refractivity contribution >= 4 is 20.9 Å². The van der Waals surface area contributed by atoms with E-state index in [2.05, 4.69) is 9.71 Å². The van der Waals surface area contributed by atoms with Gasteiger partial charge in [-0.1, -0.05) is 32.9 Å². The van der Waals surface area contributed by atoms with E-state index in [1.807, 2.05) is 20.8 Å². The van der Waals surface area contributed by atoms with Crippen LogP contribution < -0.4 is 4.72 Å². The summed E-state index contributed by atoms with van der Waals surface area (Å²) < 4.78 is 97.8. The van der Waals surface area contributed by atoms with Crippen LogP contribution in [0.15, 0.2) is 42.7 Å². The number of hydrogen-bond acceptors (Lipinski definition) is 3. The monoisotopic (exact) mass is 515 g/mol. The van der Waals surface area contributed by atoms with E-state index in [1.54, 1.807) is 4.57 Å². The van der Waals surface area contributed by atoms with Gasteiger partial charge in [-0.15, -0.1) is 0 Å². The van der Waals surface area contributed by atoms with Gasteiger partial charge in [0.05, 0.1) is 16.5 Å². The summed E-state index contributed by atoms with van der Waals surface area (Å²) in [5.74, 6) is 0. The average Bonchev–Trinajstić information content (AvgIpc) is 3.55. The second-order valence-corrected chi connectivity index (χ2v) is 12.1. The first kappa shape index (κ1) is 25.6. The summed E-state index contributed by atoms with van der Waals surface area (Å²) in [7, 11) is -3.92. The highest BCUT2D eigenvalue weighted by Gasteiger charge is 2.40. The molecule has 1 atom stereocenters. The number of alkyl halides is 5. The molecular formula is C24H26F5N3O2S. The molecule has 2 aromatic heterocycles. The summed E-state index contributed by atoms with van der Waals surface area (Å²) >= 11 is 0. The molecule has 190 valence electrons. The summed E-state index contributed by atoms with van der Waals surface area (Å²) in [6.07, 6.45) is -4.08. The molecule has 35 heavy (non-hydrogen) atoms. The maximum absolute atomic E-state index is 14.1. The van der Waals surface area contributed by atoms with Crippen LogP contribution >= 0.6 is 0 Å². The fraction of sp³-hybridized carbons (Fsp3) is 0.458. The molecule has 0 radical (unpaired) electrons. The average molecular weight is 516 g/mol. The first-order valence-corrected chi connectivity index (χ1v) is 12.7. The van der Waals surface area contributed by atoms with Crippen molar-refractivity contribution in [1.29, 1.82) is 0 Å². The number of pyridine rings is 1. The Kier molecular flexibility index (Phi) is 6.46. The van der Waals surface area contributed by atoms with Gasteiger partial charge in [0.2, 0.25) is 10.0 Å². The quantitative estimate of drug-likeness (QED) is 0.384. The number of benzene rings is 1. The third kappa shape index (κ3) is 5.50. The Balaban J connectivity index is 1.88. The molecule has 1 saturated carbocycles. The largest absolute Gasteiger partial charge is 0.418 e. The molecule has 1 aromatic carbocycles. The van der Waals surface area contributed by atoms with Crippen LogP contribution in [0.3, 0.4) is 0 Å². The van der Waals surface area contributed by atoms with Gasteiger partial charge in [-0.05, 0) is 36.5 Å². The molecule has 1 aliphatic rings. The van der Waals surface area contributed by atoms with Crippen LogP contribution in [0, 0.1) is 5.41 Å². The summed E-state index contributed by atoms with van der Waals surface area (Å²) in [6.45, 7) is 6.17. The van der Waals surface area contributed by atoms with Crippen molar-refractivity contribution in [2.24, 2.45) is 5.41 Å². The number of nitrogens with one attached hydrogen (secondary N) is 1. The van der Waals surface area contributed by atoms with E-state index in [-0.39, 0.29) is 22.2 Å². The highest BCUT2D eigenvalue weighted by molar-refractivity contribution is 7.90. The molecule has 0 spiro atoms. The molecule has 11 heteroatoms. The first-order chi connectivity index (χ1) is 16.2. The smallest absolute Gasteiger partial charge is 0.347 e. The summed E-state index contributed by atoms with van der Waals surface area (Å²) in [5, 5.41) is -0.338. The molecule has 5 nitrogen and oxygen atoms in total. The van der Waals surface area contributed by atoms with Crippen LogP contribution in [-0.2, 0) is 22.7 Å². The van der Waals surface area contributed by atoms with Crippen molar-refractivity contribution in [3.05, 3.63) is 53.9 Å². The van der Waals surface area contributed by atoms with Gasteiger partial charge in [0.1, 0.15) is 6.04 Å². The third-order valence-corrected chi connectivity index (χ3v) is 7.72. The Morgan fingerprint density at radius 2 is 1.83 bits per heavy atom. The lowest BCUT2D eigenvalue weighted by Gasteiger charge is -2.20. The van der Waals surface area contributed by atoms with Crippen molar-refractivity contribution in [3.8, 4) is 11.3 Å². The Hall–Kier alpha value is -2.53. The van der Waals surface area contributed by atoms with Crippen LogP contribution in [0.2, 0.25) is 0 Å². The number of halogens is 5. The topological polar surface area (TPSA) is 64.0 Å². The van der Waals surface area contributed by atoms with Crippen molar-refractivity contribution in [2.45, 2.75) is 64.1 Å². The Morgan fingerprint density at radius 3 is 2.40 bits per heavy atom. The minimum absolute atomic E-state index is 0.0760. The minimum Gasteiger partial charge on any atom is -0.347 e. The number of aromatic nitrogens is 2. The molecule has 1 fully saturated rings. The fourth-order valence-corrected chi connectivity index (χ4v) is 5.66. The van der Waals surface area contributed by atoms with Crippen molar-refractivity contribution in [1.82, 2.24) is 14.3 Å². The van der Waals surface area contributed by atoms with Gasteiger partial charge in [-0.25, -0.2) is 21.9 Å². The predicted molar refractivity (Wildman–Crippen MR) is 123 cm³/mol. The van der Waals surface area contributed by atoms with E-state index in [1.165, 1.54) is 36.7 Å². The zero-order chi connectivity index (χ0) is 25.8. The lowest BCUT2D eigenvalue weighted by Crippen LogP contribution is -2.35. The maximum atomic E-state index is 14.1. The molecule has 0 saturated heterocycles. The highest BCUT2D eigenvalue weighted by Crippen LogP contribution is 2.39. The van der Waals surface area contributed by atoms with Gasteiger partial charge in [-0.3, -0.25) is 4.98 Å². The molecule has 1 aliphatic carbocycles. The molecule has 2 heterocycles. The third-order valence-electron chi connectivity index (χ3n) is 5.79. The lowest BCUT2D eigenvalue weighted by molar-refractivity contribution is -0.137. The maximum Gasteiger partial charge on any atom is 0.418 e. The number of sulfonamides is 1. The van der Waals surface area contributed by atoms with E-state index < -0.39 is 39.5 Å². The predicted octanol–water partition coefficient (Wildman–Crippen LogP) is 6.16. The second-order valence-electron chi connectivity index (χ2n) is 10.1. The Labute approximate surface area is 200 Å². The minimum atomic E-state index is -4.63. The highest BCUT2D eigenvalue weighted by atomic mass is 32.2. The fourth-order valence-electron chi connectivity index (χ4n) is 4.12. The Morgan fingerprint density at radius 1 is 1.14 bits per heavy atom. The van der Waals surface area contributed by atoms with Crippen LogP contribution in [-0.4, -0.2) is 29.6 Å². The van der Waals surface area contributed by atoms with E-state index in [4.69, 9.17) is 0 Å². The molecule has 1 N–H and O–H groups in total. The normalized spacial score (nSPS) is 16.3. The van der Waals surface area contributed by atoms with E-state index in [0.29, 0.717) is 30.3 Å². The summed E-state index contributed by atoms with van der Waals surface area (Å²) in [5.41, 5.74) is -0.801. The first-order valence-electron chi connectivity index (χ1n) is 11.1. The van der Waals surface area contributed by atoms with Gasteiger partial charge in [-0.2, -0.15) is 13.2 Å². The number of nitrogens with zero attached hydrogens (tertiary/aromatic N) is 2. The molecule has 0 unspecified atom stereocenters. The van der Waals surface area contributed by atoms with Crippen LogP contribution in [0.25, 0.3) is 22.2 Å². The molecular weight excluding hydrogens is 489 g/mol. The van der Waals surface area contributed by atoms with E-state index in [0.717, 1.165) is 6.07 Å². The number of fused-ring (bicyclic) bond motifs is 1. The van der Waals surface area contributed by atoms with E-state index in [9.17, 15) is 30.4 Å². The van der Waals surface area contributed by atoms with Crippen LogP contribution in [0.4, 0.5) is 22.0 Å². The molecule has 0 amide bonds. The summed E-state index contributed by atoms with van der Waals surface area (Å²) in [4.78, 5) is 3.93. The SMILES string of the molecule is CC(C)(C)Cn1cc([C@H](NS(=O)(=O)C2CC2)C(F)F)c2ccc(-c3ncccc3C(F)(F)F)cc21. The van der Waals surface area contributed by atoms with Crippen molar-refractivity contribution in [2.75, 3.05) is 0 Å². The molecule has 0 bridgehead atoms. The lowest BCUT2D eigenvalue weighted by atomic mass is 9.97. The van der Waals surface area contributed by atoms with Crippen LogP contribution in [0.5, 0.6) is 0 Å². The molecule has 0 aliphatic heterocycles. The standard InChI is InChI=1S/C24H26F5N3O2S/c1-23(2,3)13-32-12-17(21(22(25)26)31-35(33,34)15-7-8-15)16-9-6-14(11-19(16)32)20-18(24(27,28)29)5-4-10-30-20/h4-6,9-12,15,21-22,31H,7-8,13H2,1-3H3/t21-/m0/s1. The van der Waals surface area contributed by atoms with E-state index >= 15 is 0 Å². The van der Waals surface area contributed by atoms with Gasteiger partial charge in [0.25, 0.3) is 6.43 Å². The van der Waals surface area contributed by atoms with Gasteiger partial charge >= 0.3 is 6.18 Å². The van der Waals surface area contributed by atoms with Gasteiger partial charge in [0, 0.05) is 41.0 Å². The summed E-state index contributed by atoms with van der Waals surface area (Å²) in [6, 6.07) is 4.68. The second kappa shape index (κ2) is 8.85. The molecule has 4 rings (SSSR count). The number of rotatable bonds is 7. The zero-order valence-electron chi connectivity index (χ0n) is 19.4. The van der Waals surface area contributed by atoms with Gasteiger partial charge < -0.3 is 4.57 Å². The number of hydrogen-bond donors (Lipinski definition) is 1. The van der Waals surface area contributed by atoms with Crippen molar-refractivity contribution in [3.63, 3.8) is 0 Å². The zero-order valence-corrected chi connectivity index (χ0v) is 20.2.